The maximum absolute atomic E-state index is 13.4. The predicted octanol–water partition coefficient (Wildman–Crippen LogP) is 5.49. The van der Waals surface area contributed by atoms with Crippen LogP contribution in [0.3, 0.4) is 0 Å². The van der Waals surface area contributed by atoms with Crippen LogP contribution >= 0.6 is 11.6 Å². The summed E-state index contributed by atoms with van der Waals surface area (Å²) < 4.78 is 15.6. The van der Waals surface area contributed by atoms with Gasteiger partial charge in [-0.05, 0) is 25.5 Å². The molecule has 0 bridgehead atoms. The molecule has 4 heteroatoms. The molecule has 2 rings (SSSR count). The van der Waals surface area contributed by atoms with Gasteiger partial charge in [0.15, 0.2) is 0 Å². The van der Waals surface area contributed by atoms with E-state index in [1.165, 1.54) is 37.8 Å². The van der Waals surface area contributed by atoms with Gasteiger partial charge in [0, 0.05) is 24.4 Å². The highest BCUT2D eigenvalue weighted by Crippen LogP contribution is 2.26. The highest BCUT2D eigenvalue weighted by Gasteiger charge is 2.15. The lowest BCUT2D eigenvalue weighted by molar-refractivity contribution is 0.470. The average molecular weight is 311 g/mol. The first-order valence-electron chi connectivity index (χ1n) is 7.89. The Kier molecular flexibility index (Phi) is 6.04. The Balaban J connectivity index is 2.24. The van der Waals surface area contributed by atoms with Gasteiger partial charge in [0.2, 0.25) is 0 Å². The van der Waals surface area contributed by atoms with E-state index in [2.05, 4.69) is 23.4 Å². The Morgan fingerprint density at radius 3 is 2.81 bits per heavy atom. The van der Waals surface area contributed by atoms with Crippen molar-refractivity contribution in [3.8, 4) is 0 Å². The van der Waals surface area contributed by atoms with E-state index in [0.29, 0.717) is 11.9 Å². The molecule has 1 aromatic carbocycles. The fourth-order valence-corrected chi connectivity index (χ4v) is 3.04. The zero-order chi connectivity index (χ0) is 15.2. The number of unbranched alkanes of at least 4 members (excludes halogenated alkanes) is 3. The van der Waals surface area contributed by atoms with Crippen molar-refractivity contribution in [2.24, 2.45) is 0 Å². The number of halogens is 2. The van der Waals surface area contributed by atoms with Crippen LogP contribution in [0.4, 0.5) is 4.39 Å². The lowest BCUT2D eigenvalue weighted by Crippen LogP contribution is -2.10. The van der Waals surface area contributed by atoms with Crippen LogP contribution in [-0.2, 0) is 6.42 Å². The first kappa shape index (κ1) is 16.3. The van der Waals surface area contributed by atoms with Crippen LogP contribution in [0.5, 0.6) is 0 Å². The van der Waals surface area contributed by atoms with E-state index >= 15 is 0 Å². The van der Waals surface area contributed by atoms with Gasteiger partial charge in [-0.25, -0.2) is 9.37 Å². The van der Waals surface area contributed by atoms with Crippen molar-refractivity contribution >= 4 is 22.6 Å². The number of nitrogens with zero attached hydrogens (tertiary/aromatic N) is 2. The molecule has 0 aliphatic carbocycles. The van der Waals surface area contributed by atoms with Crippen LogP contribution < -0.4 is 0 Å². The Labute approximate surface area is 131 Å². The fraction of sp³-hybridized carbons (Fsp3) is 0.588. The van der Waals surface area contributed by atoms with Crippen LogP contribution in [0.2, 0.25) is 0 Å². The molecular formula is C17H24ClFN2. The zero-order valence-electron chi connectivity index (χ0n) is 12.9. The second-order valence-electron chi connectivity index (χ2n) is 5.67. The standard InChI is InChI=1S/C17H24ClFN2/c1-3-4-5-6-7-13(2)21-16-9-8-14(19)12-15(16)20-17(21)10-11-18/h8-9,12-13H,3-7,10-11H2,1-2H3. The quantitative estimate of drug-likeness (QED) is 0.466. The molecule has 1 heterocycles. The van der Waals surface area contributed by atoms with E-state index in [4.69, 9.17) is 11.6 Å². The number of benzene rings is 1. The first-order chi connectivity index (χ1) is 10.2. The summed E-state index contributed by atoms with van der Waals surface area (Å²) in [6.45, 7) is 4.44. The van der Waals surface area contributed by atoms with Crippen LogP contribution in [0, 0.1) is 5.82 Å². The summed E-state index contributed by atoms with van der Waals surface area (Å²) in [5, 5.41) is 0. The highest BCUT2D eigenvalue weighted by atomic mass is 35.5. The number of aryl methyl sites for hydroxylation is 1. The minimum absolute atomic E-state index is 0.236. The fourth-order valence-electron chi connectivity index (χ4n) is 2.87. The second-order valence-corrected chi connectivity index (χ2v) is 6.05. The van der Waals surface area contributed by atoms with Crippen molar-refractivity contribution in [1.82, 2.24) is 9.55 Å². The summed E-state index contributed by atoms with van der Waals surface area (Å²) in [6.07, 6.45) is 6.87. The molecule has 0 saturated carbocycles. The van der Waals surface area contributed by atoms with Crippen LogP contribution in [0.25, 0.3) is 11.0 Å². The van der Waals surface area contributed by atoms with Gasteiger partial charge in [0.1, 0.15) is 11.6 Å². The van der Waals surface area contributed by atoms with E-state index in [9.17, 15) is 4.39 Å². The molecule has 21 heavy (non-hydrogen) atoms. The summed E-state index contributed by atoms with van der Waals surface area (Å²) in [4.78, 5) is 4.57. The molecule has 0 radical (unpaired) electrons. The maximum Gasteiger partial charge on any atom is 0.125 e. The summed E-state index contributed by atoms with van der Waals surface area (Å²) in [5.41, 5.74) is 1.75. The molecule has 0 spiro atoms. The maximum atomic E-state index is 13.4. The predicted molar refractivity (Wildman–Crippen MR) is 87.6 cm³/mol. The number of rotatable bonds is 8. The molecular weight excluding hydrogens is 287 g/mol. The van der Waals surface area contributed by atoms with Crippen molar-refractivity contribution in [3.05, 3.63) is 29.8 Å². The first-order valence-corrected chi connectivity index (χ1v) is 8.43. The third-order valence-electron chi connectivity index (χ3n) is 3.96. The molecule has 1 atom stereocenters. The van der Waals surface area contributed by atoms with Crippen molar-refractivity contribution in [1.29, 1.82) is 0 Å². The third kappa shape index (κ3) is 3.97. The SMILES string of the molecule is CCCCCCC(C)n1c(CCCl)nc2cc(F)ccc21. The largest absolute Gasteiger partial charge is 0.325 e. The lowest BCUT2D eigenvalue weighted by atomic mass is 10.1. The average Bonchev–Trinajstić information content (AvgIpc) is 2.81. The molecule has 1 aromatic heterocycles. The number of imidazole rings is 1. The Bertz CT molecular complexity index is 579. The van der Waals surface area contributed by atoms with Gasteiger partial charge in [-0.1, -0.05) is 32.6 Å². The Morgan fingerprint density at radius 2 is 2.10 bits per heavy atom. The smallest absolute Gasteiger partial charge is 0.125 e. The van der Waals surface area contributed by atoms with E-state index in [0.717, 1.165) is 29.7 Å². The van der Waals surface area contributed by atoms with Crippen LogP contribution in [0.1, 0.15) is 57.8 Å². The number of aromatic nitrogens is 2. The van der Waals surface area contributed by atoms with E-state index in [-0.39, 0.29) is 5.82 Å². The Hall–Kier alpha value is -1.09. The van der Waals surface area contributed by atoms with Gasteiger partial charge in [0.05, 0.1) is 11.0 Å². The molecule has 1 unspecified atom stereocenters. The molecule has 0 saturated heterocycles. The monoisotopic (exact) mass is 310 g/mol. The summed E-state index contributed by atoms with van der Waals surface area (Å²) in [5.74, 6) is 1.27. The van der Waals surface area contributed by atoms with E-state index < -0.39 is 0 Å². The summed E-state index contributed by atoms with van der Waals surface area (Å²) in [7, 11) is 0. The second kappa shape index (κ2) is 7.79. The number of hydrogen-bond donors (Lipinski definition) is 0. The van der Waals surface area contributed by atoms with Gasteiger partial charge >= 0.3 is 0 Å². The molecule has 2 aromatic rings. The third-order valence-corrected chi connectivity index (χ3v) is 4.15. The number of alkyl halides is 1. The highest BCUT2D eigenvalue weighted by molar-refractivity contribution is 6.17. The summed E-state index contributed by atoms with van der Waals surface area (Å²) in [6, 6.07) is 5.22. The molecule has 0 amide bonds. The number of fused-ring (bicyclic) bond motifs is 1. The van der Waals surface area contributed by atoms with Crippen molar-refractivity contribution in [2.45, 2.75) is 58.4 Å². The summed E-state index contributed by atoms with van der Waals surface area (Å²) >= 11 is 5.89. The van der Waals surface area contributed by atoms with Gasteiger partial charge < -0.3 is 4.57 Å². The van der Waals surface area contributed by atoms with Crippen molar-refractivity contribution in [3.63, 3.8) is 0 Å². The van der Waals surface area contributed by atoms with Gasteiger partial charge in [-0.3, -0.25) is 0 Å². The van der Waals surface area contributed by atoms with Gasteiger partial charge in [-0.2, -0.15) is 0 Å². The molecule has 0 fully saturated rings. The van der Waals surface area contributed by atoms with Crippen LogP contribution in [-0.4, -0.2) is 15.4 Å². The molecule has 2 nitrogen and oxygen atoms in total. The van der Waals surface area contributed by atoms with E-state index in [1.807, 2.05) is 6.07 Å². The van der Waals surface area contributed by atoms with Crippen molar-refractivity contribution in [2.75, 3.05) is 5.88 Å². The van der Waals surface area contributed by atoms with Crippen LogP contribution in [0.15, 0.2) is 18.2 Å². The van der Waals surface area contributed by atoms with Gasteiger partial charge in [0.25, 0.3) is 0 Å². The topological polar surface area (TPSA) is 17.8 Å². The molecule has 0 aliphatic rings. The minimum atomic E-state index is -0.236. The lowest BCUT2D eigenvalue weighted by Gasteiger charge is -2.17. The number of hydrogen-bond acceptors (Lipinski definition) is 1. The molecule has 0 N–H and O–H groups in total. The molecule has 0 aliphatic heterocycles. The van der Waals surface area contributed by atoms with E-state index in [1.54, 1.807) is 0 Å². The zero-order valence-corrected chi connectivity index (χ0v) is 13.7. The van der Waals surface area contributed by atoms with Gasteiger partial charge in [-0.15, -0.1) is 11.6 Å². The Morgan fingerprint density at radius 1 is 1.29 bits per heavy atom. The minimum Gasteiger partial charge on any atom is -0.325 e. The van der Waals surface area contributed by atoms with Crippen molar-refractivity contribution < 1.29 is 4.39 Å². The molecule has 116 valence electrons. The normalized spacial score (nSPS) is 13.0.